The molecule has 0 amide bonds. The number of halogens is 2. The van der Waals surface area contributed by atoms with E-state index in [1.807, 2.05) is 12.1 Å². The predicted octanol–water partition coefficient (Wildman–Crippen LogP) is 5.44. The lowest BCUT2D eigenvalue weighted by molar-refractivity contribution is 0.489. The van der Waals surface area contributed by atoms with Crippen LogP contribution in [0.4, 0.5) is 0 Å². The van der Waals surface area contributed by atoms with E-state index in [-0.39, 0.29) is 5.04 Å². The Bertz CT molecular complexity index is 385. The first-order valence-electron chi connectivity index (χ1n) is 5.28. The normalized spacial score (nSPS) is 12.7. The molecule has 0 fully saturated rings. The van der Waals surface area contributed by atoms with Gasteiger partial charge in [0.25, 0.3) is 8.32 Å². The topological polar surface area (TPSA) is 9.23 Å². The summed E-state index contributed by atoms with van der Waals surface area (Å²) in [5.74, 6) is 0.971. The Morgan fingerprint density at radius 2 is 1.81 bits per heavy atom. The summed E-state index contributed by atoms with van der Waals surface area (Å²) in [4.78, 5) is 0. The number of hydrogen-bond donors (Lipinski definition) is 0. The third kappa shape index (κ3) is 3.23. The number of benzene rings is 1. The molecule has 0 heterocycles. The van der Waals surface area contributed by atoms with Crippen LogP contribution in [0.15, 0.2) is 22.7 Å². The van der Waals surface area contributed by atoms with Crippen LogP contribution >= 0.6 is 38.5 Å². The van der Waals surface area contributed by atoms with Crippen LogP contribution in [0.3, 0.4) is 0 Å². The van der Waals surface area contributed by atoms with E-state index in [4.69, 9.17) is 4.43 Å². The minimum atomic E-state index is -1.73. The van der Waals surface area contributed by atoms with Gasteiger partial charge in [-0.2, -0.15) is 0 Å². The molecule has 0 N–H and O–H groups in total. The molecule has 1 aromatic carbocycles. The van der Waals surface area contributed by atoms with Gasteiger partial charge in [-0.15, -0.1) is 0 Å². The Hall–Kier alpha value is 0.447. The Balaban J connectivity index is 3.02. The van der Waals surface area contributed by atoms with Crippen molar-refractivity contribution in [3.05, 3.63) is 26.2 Å². The summed E-state index contributed by atoms with van der Waals surface area (Å²) < 4.78 is 8.52. The second-order valence-electron chi connectivity index (χ2n) is 5.41. The molecule has 1 rings (SSSR count). The number of rotatable bonds is 2. The SMILES string of the molecule is CC(C)(C)[Si](C)(C)Oc1cccc(I)c1Br. The van der Waals surface area contributed by atoms with Crippen LogP contribution in [0.5, 0.6) is 5.75 Å². The first-order chi connectivity index (χ1) is 7.15. The maximum Gasteiger partial charge on any atom is 0.250 e. The summed E-state index contributed by atoms with van der Waals surface area (Å²) in [6.45, 7) is 11.3. The van der Waals surface area contributed by atoms with Crippen LogP contribution < -0.4 is 4.43 Å². The zero-order chi connectivity index (χ0) is 12.6. The molecule has 0 aliphatic carbocycles. The Morgan fingerprint density at radius 3 is 2.31 bits per heavy atom. The lowest BCUT2D eigenvalue weighted by Crippen LogP contribution is -2.43. The van der Waals surface area contributed by atoms with E-state index >= 15 is 0 Å². The maximum atomic E-state index is 6.27. The van der Waals surface area contributed by atoms with E-state index in [9.17, 15) is 0 Å². The van der Waals surface area contributed by atoms with Crippen molar-refractivity contribution >= 4 is 46.8 Å². The van der Waals surface area contributed by atoms with Crippen molar-refractivity contribution in [2.24, 2.45) is 0 Å². The smallest absolute Gasteiger partial charge is 0.250 e. The van der Waals surface area contributed by atoms with Crippen molar-refractivity contribution in [1.82, 2.24) is 0 Å². The lowest BCUT2D eigenvalue weighted by Gasteiger charge is -2.36. The molecule has 0 radical (unpaired) electrons. The fourth-order valence-corrected chi connectivity index (χ4v) is 2.98. The van der Waals surface area contributed by atoms with Crippen molar-refractivity contribution in [3.8, 4) is 5.75 Å². The molecule has 0 spiro atoms. The molecule has 0 aromatic heterocycles. The highest BCUT2D eigenvalue weighted by Gasteiger charge is 2.39. The Morgan fingerprint density at radius 1 is 1.25 bits per heavy atom. The maximum absolute atomic E-state index is 6.27. The predicted molar refractivity (Wildman–Crippen MR) is 84.7 cm³/mol. The molecule has 0 unspecified atom stereocenters. The van der Waals surface area contributed by atoms with Crippen molar-refractivity contribution < 1.29 is 4.43 Å². The van der Waals surface area contributed by atoms with Gasteiger partial charge in [0, 0.05) is 3.57 Å². The molecule has 0 saturated carbocycles. The molecule has 1 nitrogen and oxygen atoms in total. The minimum Gasteiger partial charge on any atom is -0.543 e. The van der Waals surface area contributed by atoms with E-state index in [2.05, 4.69) is 78.5 Å². The van der Waals surface area contributed by atoms with E-state index in [0.717, 1.165) is 10.2 Å². The van der Waals surface area contributed by atoms with Crippen LogP contribution in [0.25, 0.3) is 0 Å². The standard InChI is InChI=1S/C12H18BrIOSi/c1-12(2,3)16(4,5)15-10-8-6-7-9(14)11(10)13/h6-8H,1-5H3. The van der Waals surface area contributed by atoms with Gasteiger partial charge in [-0.05, 0) is 68.8 Å². The average molecular weight is 413 g/mol. The van der Waals surface area contributed by atoms with Crippen molar-refractivity contribution in [1.29, 1.82) is 0 Å². The Kier molecular flexibility index (Phi) is 4.51. The van der Waals surface area contributed by atoms with E-state index in [1.54, 1.807) is 0 Å². The third-order valence-electron chi connectivity index (χ3n) is 3.09. The molecule has 4 heteroatoms. The van der Waals surface area contributed by atoms with Gasteiger partial charge in [-0.25, -0.2) is 0 Å². The van der Waals surface area contributed by atoms with Crippen LogP contribution in [-0.2, 0) is 0 Å². The molecule has 1 aromatic rings. The molecular weight excluding hydrogens is 395 g/mol. The molecule has 0 atom stereocenters. The highest BCUT2D eigenvalue weighted by Crippen LogP contribution is 2.40. The summed E-state index contributed by atoms with van der Waals surface area (Å²) in [5.41, 5.74) is 0. The van der Waals surface area contributed by atoms with E-state index in [1.165, 1.54) is 3.57 Å². The molecule has 0 bridgehead atoms. The lowest BCUT2D eigenvalue weighted by atomic mass is 10.2. The summed E-state index contributed by atoms with van der Waals surface area (Å²) in [5, 5.41) is 0.230. The van der Waals surface area contributed by atoms with Crippen LogP contribution in [0.1, 0.15) is 20.8 Å². The highest BCUT2D eigenvalue weighted by molar-refractivity contribution is 14.1. The number of hydrogen-bond acceptors (Lipinski definition) is 1. The van der Waals surface area contributed by atoms with Crippen molar-refractivity contribution in [2.75, 3.05) is 0 Å². The highest BCUT2D eigenvalue weighted by atomic mass is 127. The first-order valence-corrected chi connectivity index (χ1v) is 10.1. The summed E-state index contributed by atoms with van der Waals surface area (Å²) in [7, 11) is -1.73. The van der Waals surface area contributed by atoms with Gasteiger partial charge in [-0.3, -0.25) is 0 Å². The molecule has 0 aliphatic heterocycles. The van der Waals surface area contributed by atoms with E-state index < -0.39 is 8.32 Å². The monoisotopic (exact) mass is 412 g/mol. The summed E-state index contributed by atoms with van der Waals surface area (Å²) >= 11 is 5.90. The fraction of sp³-hybridized carbons (Fsp3) is 0.500. The largest absolute Gasteiger partial charge is 0.543 e. The van der Waals surface area contributed by atoms with Gasteiger partial charge in [0.2, 0.25) is 0 Å². The molecule has 16 heavy (non-hydrogen) atoms. The minimum absolute atomic E-state index is 0.230. The summed E-state index contributed by atoms with van der Waals surface area (Å²) in [6, 6.07) is 6.14. The van der Waals surface area contributed by atoms with Crippen LogP contribution in [-0.4, -0.2) is 8.32 Å². The second kappa shape index (κ2) is 4.98. The van der Waals surface area contributed by atoms with Crippen LogP contribution in [0.2, 0.25) is 18.1 Å². The van der Waals surface area contributed by atoms with Gasteiger partial charge >= 0.3 is 0 Å². The average Bonchev–Trinajstić information content (AvgIpc) is 2.11. The van der Waals surface area contributed by atoms with Gasteiger partial charge in [-0.1, -0.05) is 26.8 Å². The zero-order valence-electron chi connectivity index (χ0n) is 10.4. The quantitative estimate of drug-likeness (QED) is 0.464. The zero-order valence-corrected chi connectivity index (χ0v) is 15.1. The van der Waals surface area contributed by atoms with Gasteiger partial charge in [0.15, 0.2) is 0 Å². The molecule has 90 valence electrons. The molecule has 0 aliphatic rings. The summed E-state index contributed by atoms with van der Waals surface area (Å²) in [6.07, 6.45) is 0. The third-order valence-corrected chi connectivity index (χ3v) is 9.89. The molecule has 0 saturated heterocycles. The van der Waals surface area contributed by atoms with Crippen molar-refractivity contribution in [3.63, 3.8) is 0 Å². The van der Waals surface area contributed by atoms with Gasteiger partial charge in [0.05, 0.1) is 4.47 Å². The van der Waals surface area contributed by atoms with E-state index in [0.29, 0.717) is 0 Å². The van der Waals surface area contributed by atoms with Gasteiger partial charge < -0.3 is 4.43 Å². The van der Waals surface area contributed by atoms with Crippen molar-refractivity contribution in [2.45, 2.75) is 38.9 Å². The first kappa shape index (κ1) is 14.5. The van der Waals surface area contributed by atoms with Crippen LogP contribution in [0, 0.1) is 3.57 Å². The fourth-order valence-electron chi connectivity index (χ4n) is 0.991. The Labute approximate surface area is 121 Å². The second-order valence-corrected chi connectivity index (χ2v) is 12.1. The molecular formula is C12H18BrIOSi. The van der Waals surface area contributed by atoms with Gasteiger partial charge in [0.1, 0.15) is 5.75 Å².